The highest BCUT2D eigenvalue weighted by atomic mass is 127. The monoisotopic (exact) mass is 387 g/mol. The van der Waals surface area contributed by atoms with E-state index in [1.165, 1.54) is 11.1 Å². The van der Waals surface area contributed by atoms with Gasteiger partial charge in [0.2, 0.25) is 0 Å². The van der Waals surface area contributed by atoms with Crippen LogP contribution in [0.5, 0.6) is 0 Å². The average molecular weight is 387 g/mol. The number of hydrogen-bond donors (Lipinski definition) is 2. The fourth-order valence-corrected chi connectivity index (χ4v) is 2.00. The van der Waals surface area contributed by atoms with Gasteiger partial charge in [-0.15, -0.1) is 24.0 Å². The molecule has 0 bridgehead atoms. The van der Waals surface area contributed by atoms with Crippen molar-refractivity contribution in [2.75, 3.05) is 11.9 Å². The largest absolute Gasteiger partial charge is 0.370 e. The van der Waals surface area contributed by atoms with Gasteiger partial charge in [0.25, 0.3) is 0 Å². The number of hydrogen-bond acceptors (Lipinski definition) is 1. The number of halogens is 1. The number of anilines is 1. The first kappa shape index (κ1) is 19.0. The summed E-state index contributed by atoms with van der Waals surface area (Å²) in [6.07, 6.45) is 7.02. The molecular formula is C16H26IN3. The average Bonchev–Trinajstić information content (AvgIpc) is 2.43. The third-order valence-corrected chi connectivity index (χ3v) is 3.07. The lowest BCUT2D eigenvalue weighted by atomic mass is 10.0. The number of rotatable bonds is 6. The minimum absolute atomic E-state index is 0. The maximum absolute atomic E-state index is 5.95. The van der Waals surface area contributed by atoms with E-state index in [9.17, 15) is 0 Å². The van der Waals surface area contributed by atoms with E-state index >= 15 is 0 Å². The van der Waals surface area contributed by atoms with Crippen LogP contribution in [0.25, 0.3) is 0 Å². The van der Waals surface area contributed by atoms with Crippen LogP contribution in [-0.2, 0) is 12.8 Å². The number of para-hydroxylation sites is 1. The van der Waals surface area contributed by atoms with Gasteiger partial charge in [-0.05, 0) is 37.3 Å². The quantitative estimate of drug-likeness (QED) is 0.254. The summed E-state index contributed by atoms with van der Waals surface area (Å²) in [6, 6.07) is 6.37. The topological polar surface area (TPSA) is 50.4 Å². The Balaban J connectivity index is 0.00000361. The van der Waals surface area contributed by atoms with Crippen molar-refractivity contribution < 1.29 is 0 Å². The summed E-state index contributed by atoms with van der Waals surface area (Å²) in [6.45, 7) is 7.04. The third-order valence-electron chi connectivity index (χ3n) is 3.07. The number of benzene rings is 1. The molecule has 0 saturated carbocycles. The van der Waals surface area contributed by atoms with Gasteiger partial charge in [0.15, 0.2) is 5.96 Å². The van der Waals surface area contributed by atoms with Crippen LogP contribution in [0.2, 0.25) is 0 Å². The van der Waals surface area contributed by atoms with Crippen molar-refractivity contribution in [3.05, 3.63) is 41.5 Å². The Morgan fingerprint density at radius 3 is 2.35 bits per heavy atom. The maximum Gasteiger partial charge on any atom is 0.193 e. The van der Waals surface area contributed by atoms with Gasteiger partial charge in [-0.2, -0.15) is 0 Å². The van der Waals surface area contributed by atoms with Crippen molar-refractivity contribution in [1.82, 2.24) is 0 Å². The van der Waals surface area contributed by atoms with E-state index in [2.05, 4.69) is 48.4 Å². The lowest BCUT2D eigenvalue weighted by Crippen LogP contribution is -2.24. The molecule has 4 heteroatoms. The van der Waals surface area contributed by atoms with Crippen molar-refractivity contribution in [2.24, 2.45) is 10.7 Å². The summed E-state index contributed by atoms with van der Waals surface area (Å²) in [5.41, 5.74) is 9.64. The van der Waals surface area contributed by atoms with Gasteiger partial charge in [-0.1, -0.05) is 44.2 Å². The molecule has 0 unspecified atom stereocenters. The standard InChI is InChI=1S/C16H25N3.HI/c1-4-7-8-12-18-16(17)19-15-13(5-2)10-9-11-14(15)6-3;/h4,7,9-11H,5-6,8,12H2,1-3H3,(H3,17,18,19);1H/b7-4+;. The van der Waals surface area contributed by atoms with Gasteiger partial charge in [-0.25, -0.2) is 0 Å². The molecule has 1 aromatic carbocycles. The van der Waals surface area contributed by atoms with Crippen molar-refractivity contribution in [2.45, 2.75) is 40.0 Å². The molecule has 3 N–H and O–H groups in total. The molecule has 0 amide bonds. The second-order valence-electron chi connectivity index (χ2n) is 4.41. The van der Waals surface area contributed by atoms with Crippen LogP contribution < -0.4 is 11.1 Å². The highest BCUT2D eigenvalue weighted by Crippen LogP contribution is 2.22. The zero-order chi connectivity index (χ0) is 14.1. The number of allylic oxidation sites excluding steroid dienone is 1. The molecule has 0 aliphatic carbocycles. The molecule has 3 nitrogen and oxygen atoms in total. The molecule has 1 aromatic rings. The molecule has 0 fully saturated rings. The highest BCUT2D eigenvalue weighted by molar-refractivity contribution is 14.0. The van der Waals surface area contributed by atoms with Crippen molar-refractivity contribution >= 4 is 35.6 Å². The SMILES string of the molecule is C/C=C/CCN=C(N)Nc1c(CC)cccc1CC.I. The fourth-order valence-electron chi connectivity index (χ4n) is 2.00. The lowest BCUT2D eigenvalue weighted by molar-refractivity contribution is 0.998. The van der Waals surface area contributed by atoms with Crippen molar-refractivity contribution in [1.29, 1.82) is 0 Å². The maximum atomic E-state index is 5.95. The Bertz CT molecular complexity index is 431. The molecule has 0 aromatic heterocycles. The first-order valence-corrected chi connectivity index (χ1v) is 7.01. The summed E-state index contributed by atoms with van der Waals surface area (Å²) >= 11 is 0. The van der Waals surface area contributed by atoms with Gasteiger partial charge in [0, 0.05) is 12.2 Å². The van der Waals surface area contributed by atoms with E-state index in [0.29, 0.717) is 5.96 Å². The number of guanidine groups is 1. The number of nitrogens with two attached hydrogens (primary N) is 1. The highest BCUT2D eigenvalue weighted by Gasteiger charge is 2.06. The Kier molecular flexibility index (Phi) is 10.2. The van der Waals surface area contributed by atoms with E-state index in [1.807, 2.05) is 13.0 Å². The predicted molar refractivity (Wildman–Crippen MR) is 100 cm³/mol. The van der Waals surface area contributed by atoms with Gasteiger partial charge in [0.1, 0.15) is 0 Å². The first-order valence-electron chi connectivity index (χ1n) is 7.01. The van der Waals surface area contributed by atoms with E-state index in [-0.39, 0.29) is 24.0 Å². The minimum atomic E-state index is 0. The zero-order valence-corrected chi connectivity index (χ0v) is 15.0. The van der Waals surface area contributed by atoms with E-state index < -0.39 is 0 Å². The summed E-state index contributed by atoms with van der Waals surface area (Å²) in [5, 5.41) is 3.26. The lowest BCUT2D eigenvalue weighted by Gasteiger charge is -2.14. The molecule has 20 heavy (non-hydrogen) atoms. The molecule has 0 saturated heterocycles. The second-order valence-corrected chi connectivity index (χ2v) is 4.41. The fraction of sp³-hybridized carbons (Fsp3) is 0.438. The van der Waals surface area contributed by atoms with Crippen molar-refractivity contribution in [3.63, 3.8) is 0 Å². The number of nitrogens with one attached hydrogen (secondary N) is 1. The van der Waals surface area contributed by atoms with Crippen LogP contribution in [0.15, 0.2) is 35.3 Å². The van der Waals surface area contributed by atoms with Gasteiger partial charge in [-0.3, -0.25) is 4.99 Å². The van der Waals surface area contributed by atoms with Crippen LogP contribution >= 0.6 is 24.0 Å². The predicted octanol–water partition coefficient (Wildman–Crippen LogP) is 4.12. The van der Waals surface area contributed by atoms with Crippen LogP contribution in [-0.4, -0.2) is 12.5 Å². The minimum Gasteiger partial charge on any atom is -0.370 e. The summed E-state index contributed by atoms with van der Waals surface area (Å²) in [5.74, 6) is 0.500. The van der Waals surface area contributed by atoms with Crippen LogP contribution in [0, 0.1) is 0 Å². The molecule has 0 radical (unpaired) electrons. The van der Waals surface area contributed by atoms with E-state index in [1.54, 1.807) is 0 Å². The molecule has 0 heterocycles. The molecular weight excluding hydrogens is 361 g/mol. The van der Waals surface area contributed by atoms with Gasteiger partial charge >= 0.3 is 0 Å². The number of aryl methyl sites for hydroxylation is 2. The van der Waals surface area contributed by atoms with Gasteiger partial charge in [0.05, 0.1) is 0 Å². The van der Waals surface area contributed by atoms with Crippen molar-refractivity contribution in [3.8, 4) is 0 Å². The summed E-state index contributed by atoms with van der Waals surface area (Å²) in [4.78, 5) is 4.34. The number of nitrogens with zero attached hydrogens (tertiary/aromatic N) is 1. The molecule has 0 aliphatic rings. The third kappa shape index (κ3) is 5.94. The van der Waals surface area contributed by atoms with Crippen LogP contribution in [0.3, 0.4) is 0 Å². The summed E-state index contributed by atoms with van der Waals surface area (Å²) in [7, 11) is 0. The first-order chi connectivity index (χ1) is 9.22. The van der Waals surface area contributed by atoms with Gasteiger partial charge < -0.3 is 11.1 Å². The Hall–Kier alpha value is -1.04. The molecule has 112 valence electrons. The smallest absolute Gasteiger partial charge is 0.193 e. The van der Waals surface area contributed by atoms with Crippen LogP contribution in [0.1, 0.15) is 38.3 Å². The summed E-state index contributed by atoms with van der Waals surface area (Å²) < 4.78 is 0. The Labute approximate surface area is 139 Å². The Morgan fingerprint density at radius 1 is 1.25 bits per heavy atom. The van der Waals surface area contributed by atoms with E-state index in [4.69, 9.17) is 5.73 Å². The molecule has 1 rings (SSSR count). The van der Waals surface area contributed by atoms with E-state index in [0.717, 1.165) is 31.5 Å². The van der Waals surface area contributed by atoms with Crippen LogP contribution in [0.4, 0.5) is 5.69 Å². The number of aliphatic imine (C=N–C) groups is 1. The second kappa shape index (κ2) is 10.7. The molecule has 0 spiro atoms. The molecule has 0 aliphatic heterocycles. The zero-order valence-electron chi connectivity index (χ0n) is 12.6. The molecule has 0 atom stereocenters. The normalized spacial score (nSPS) is 11.4. The Morgan fingerprint density at radius 2 is 1.85 bits per heavy atom.